The average molecular weight is 470 g/mol. The van der Waals surface area contributed by atoms with Crippen LogP contribution in [0.4, 0.5) is 23.2 Å². The van der Waals surface area contributed by atoms with E-state index in [1.807, 2.05) is 7.05 Å². The van der Waals surface area contributed by atoms with Crippen LogP contribution >= 0.6 is 11.6 Å². The molecule has 14 heteroatoms. The Morgan fingerprint density at radius 3 is 2.45 bits per heavy atom. The van der Waals surface area contributed by atoms with E-state index < -0.39 is 18.0 Å². The maximum absolute atomic E-state index is 13.2. The highest BCUT2D eigenvalue weighted by Crippen LogP contribution is 2.20. The normalized spacial score (nSPS) is 12.0. The molecule has 0 aliphatic rings. The van der Waals surface area contributed by atoms with Gasteiger partial charge in [0.25, 0.3) is 0 Å². The summed E-state index contributed by atoms with van der Waals surface area (Å²) in [4.78, 5) is 11.0. The number of aromatic nitrogens is 2. The van der Waals surface area contributed by atoms with Crippen LogP contribution in [-0.4, -0.2) is 63.1 Å². The lowest BCUT2D eigenvalue weighted by atomic mass is 10.2. The lowest BCUT2D eigenvalue weighted by molar-refractivity contribution is -0.192. The van der Waals surface area contributed by atoms with Gasteiger partial charge >= 0.3 is 12.1 Å². The van der Waals surface area contributed by atoms with Gasteiger partial charge in [-0.3, -0.25) is 0 Å². The van der Waals surface area contributed by atoms with Crippen LogP contribution in [0.3, 0.4) is 0 Å². The molecule has 9 nitrogen and oxygen atoms in total. The first-order chi connectivity index (χ1) is 14.4. The van der Waals surface area contributed by atoms with Gasteiger partial charge in [-0.05, 0) is 44.3 Å². The van der Waals surface area contributed by atoms with Gasteiger partial charge in [0.2, 0.25) is 5.84 Å². The summed E-state index contributed by atoms with van der Waals surface area (Å²) in [6.45, 7) is 4.91. The zero-order valence-corrected chi connectivity index (χ0v) is 17.4. The lowest BCUT2D eigenvalue weighted by Crippen LogP contribution is -2.29. The van der Waals surface area contributed by atoms with Gasteiger partial charge in [-0.25, -0.2) is 13.8 Å². The van der Waals surface area contributed by atoms with E-state index in [-0.39, 0.29) is 16.6 Å². The summed E-state index contributed by atoms with van der Waals surface area (Å²) in [7, 11) is 2.00. The van der Waals surface area contributed by atoms with E-state index in [4.69, 9.17) is 26.1 Å². The number of carboxylic acid groups (broad SMARTS) is 1. The minimum atomic E-state index is -5.08. The second kappa shape index (κ2) is 11.5. The SMILES string of the molecule is CC(C)N(C)CCc1nonc1/C(=N\O)Nc1ccc(F)c(Cl)c1.O=C(O)C(F)(F)F. The number of likely N-dealkylation sites (N-methyl/N-ethyl adjacent to an activating group) is 1. The van der Waals surface area contributed by atoms with Crippen molar-refractivity contribution < 1.29 is 37.3 Å². The third-order valence-corrected chi connectivity index (χ3v) is 4.18. The van der Waals surface area contributed by atoms with E-state index in [1.54, 1.807) is 0 Å². The zero-order valence-electron chi connectivity index (χ0n) is 16.6. The van der Waals surface area contributed by atoms with Crippen molar-refractivity contribution >= 4 is 29.1 Å². The molecule has 2 rings (SSSR count). The molecule has 3 N–H and O–H groups in total. The van der Waals surface area contributed by atoms with Gasteiger partial charge in [0.15, 0.2) is 5.69 Å². The molecule has 0 aliphatic carbocycles. The first-order valence-corrected chi connectivity index (χ1v) is 9.00. The van der Waals surface area contributed by atoms with Crippen molar-refractivity contribution in [3.05, 3.63) is 40.4 Å². The number of nitrogens with zero attached hydrogens (tertiary/aromatic N) is 4. The summed E-state index contributed by atoms with van der Waals surface area (Å²) in [6.07, 6.45) is -4.52. The van der Waals surface area contributed by atoms with Gasteiger partial charge in [-0.2, -0.15) is 13.2 Å². The quantitative estimate of drug-likeness (QED) is 0.193. The molecule has 0 bridgehead atoms. The Morgan fingerprint density at radius 2 is 1.97 bits per heavy atom. The van der Waals surface area contributed by atoms with Gasteiger partial charge in [0.05, 0.1) is 5.02 Å². The highest BCUT2D eigenvalue weighted by molar-refractivity contribution is 6.31. The molecule has 0 spiro atoms. The van der Waals surface area contributed by atoms with Crippen LogP contribution in [-0.2, 0) is 11.2 Å². The molecule has 1 heterocycles. The fourth-order valence-corrected chi connectivity index (χ4v) is 2.11. The molecular formula is C17H20ClF4N5O4. The Morgan fingerprint density at radius 1 is 1.35 bits per heavy atom. The highest BCUT2D eigenvalue weighted by atomic mass is 35.5. The van der Waals surface area contributed by atoms with Crippen LogP contribution in [0.5, 0.6) is 0 Å². The van der Waals surface area contributed by atoms with Crippen LogP contribution in [0, 0.1) is 5.82 Å². The second-order valence-corrected chi connectivity index (χ2v) is 6.80. The largest absolute Gasteiger partial charge is 0.490 e. The lowest BCUT2D eigenvalue weighted by Gasteiger charge is -2.20. The van der Waals surface area contributed by atoms with Gasteiger partial charge in [0, 0.05) is 24.7 Å². The van der Waals surface area contributed by atoms with Crippen molar-refractivity contribution in [3.63, 3.8) is 0 Å². The van der Waals surface area contributed by atoms with E-state index in [1.165, 1.54) is 18.2 Å². The topological polar surface area (TPSA) is 124 Å². The van der Waals surface area contributed by atoms with Crippen LogP contribution in [0.25, 0.3) is 0 Å². The van der Waals surface area contributed by atoms with E-state index >= 15 is 0 Å². The third-order valence-electron chi connectivity index (χ3n) is 3.89. The Hall–Kier alpha value is -2.93. The molecule has 0 saturated heterocycles. The fraction of sp³-hybridized carbons (Fsp3) is 0.412. The van der Waals surface area contributed by atoms with Crippen molar-refractivity contribution in [1.82, 2.24) is 15.2 Å². The predicted octanol–water partition coefficient (Wildman–Crippen LogP) is 3.63. The third kappa shape index (κ3) is 8.38. The summed E-state index contributed by atoms with van der Waals surface area (Å²) < 4.78 is 49.7. The Balaban J connectivity index is 0.000000592. The Labute approximate surface area is 179 Å². The first kappa shape index (κ1) is 26.1. The molecule has 0 radical (unpaired) electrons. The highest BCUT2D eigenvalue weighted by Gasteiger charge is 2.38. The van der Waals surface area contributed by atoms with Crippen LogP contribution in [0.15, 0.2) is 28.0 Å². The number of hydrogen-bond acceptors (Lipinski definition) is 7. The molecule has 2 aromatic rings. The van der Waals surface area contributed by atoms with Crippen molar-refractivity contribution in [1.29, 1.82) is 0 Å². The maximum Gasteiger partial charge on any atom is 0.490 e. The number of anilines is 1. The van der Waals surface area contributed by atoms with Gasteiger partial charge in [-0.15, -0.1) is 0 Å². The maximum atomic E-state index is 13.2. The smallest absolute Gasteiger partial charge is 0.475 e. The standard InChI is InChI=1S/C15H19ClFN5O2.C2HF3O2/c1-9(2)22(3)7-6-13-14(21-24-20-13)15(19-23)18-10-4-5-12(17)11(16)8-10;3-2(4,5)1(6)7/h4-5,8-9,23H,6-7H2,1-3H3,(H,18,19);(H,6,7). The molecule has 0 saturated carbocycles. The molecular weight excluding hydrogens is 450 g/mol. The summed E-state index contributed by atoms with van der Waals surface area (Å²) >= 11 is 5.74. The van der Waals surface area contributed by atoms with Crippen LogP contribution < -0.4 is 5.32 Å². The summed E-state index contributed by atoms with van der Waals surface area (Å²) in [5.74, 6) is -3.25. The van der Waals surface area contributed by atoms with E-state index in [9.17, 15) is 22.8 Å². The number of oxime groups is 1. The van der Waals surface area contributed by atoms with Crippen LogP contribution in [0.2, 0.25) is 5.02 Å². The molecule has 0 atom stereocenters. The number of amidine groups is 1. The van der Waals surface area contributed by atoms with E-state index in [2.05, 4.69) is 39.5 Å². The molecule has 0 amide bonds. The summed E-state index contributed by atoms with van der Waals surface area (Å²) in [6, 6.07) is 4.44. The van der Waals surface area contributed by atoms with Crippen molar-refractivity contribution in [3.8, 4) is 0 Å². The summed E-state index contributed by atoms with van der Waals surface area (Å²) in [5, 5.41) is 30.0. The number of rotatable bonds is 6. The minimum absolute atomic E-state index is 0.0427. The molecule has 1 aromatic heterocycles. The zero-order chi connectivity index (χ0) is 23.8. The molecule has 0 unspecified atom stereocenters. The fourth-order valence-electron chi connectivity index (χ4n) is 1.93. The number of halogens is 5. The first-order valence-electron chi connectivity index (χ1n) is 8.63. The van der Waals surface area contributed by atoms with E-state index in [0.29, 0.717) is 23.8 Å². The molecule has 1 aromatic carbocycles. The summed E-state index contributed by atoms with van der Waals surface area (Å²) in [5.41, 5.74) is 1.29. The number of carbonyl (C=O) groups is 1. The van der Waals surface area contributed by atoms with Gasteiger partial charge in [0.1, 0.15) is 11.5 Å². The molecule has 31 heavy (non-hydrogen) atoms. The van der Waals surface area contributed by atoms with Gasteiger partial charge in [-0.1, -0.05) is 21.9 Å². The number of hydrogen-bond donors (Lipinski definition) is 3. The van der Waals surface area contributed by atoms with Crippen LogP contribution in [0.1, 0.15) is 25.2 Å². The number of benzene rings is 1. The minimum Gasteiger partial charge on any atom is -0.475 e. The Bertz CT molecular complexity index is 905. The van der Waals surface area contributed by atoms with Gasteiger partial charge < -0.3 is 20.5 Å². The predicted molar refractivity (Wildman–Crippen MR) is 103 cm³/mol. The van der Waals surface area contributed by atoms with Crippen molar-refractivity contribution in [2.24, 2.45) is 5.16 Å². The monoisotopic (exact) mass is 469 g/mol. The number of alkyl halides is 3. The van der Waals surface area contributed by atoms with Crippen molar-refractivity contribution in [2.45, 2.75) is 32.5 Å². The van der Waals surface area contributed by atoms with Crippen molar-refractivity contribution in [2.75, 3.05) is 18.9 Å². The van der Waals surface area contributed by atoms with E-state index in [0.717, 1.165) is 6.54 Å². The molecule has 0 aliphatic heterocycles. The molecule has 172 valence electrons. The Kier molecular flexibility index (Phi) is 9.65. The number of nitrogens with one attached hydrogen (secondary N) is 1. The number of carboxylic acids is 1. The molecule has 0 fully saturated rings. The second-order valence-electron chi connectivity index (χ2n) is 6.39. The average Bonchev–Trinajstić information content (AvgIpc) is 3.14. The number of aliphatic carboxylic acids is 1.